The number of amides is 1. The van der Waals surface area contributed by atoms with E-state index in [0.29, 0.717) is 11.8 Å². The molecule has 2 aliphatic heterocycles. The fourth-order valence-corrected chi connectivity index (χ4v) is 3.53. The molecule has 4 nitrogen and oxygen atoms in total. The summed E-state index contributed by atoms with van der Waals surface area (Å²) in [4.78, 5) is 16.6. The normalized spacial score (nSPS) is 25.8. The number of unbranched alkanes of at least 4 members (excludes halogenated alkanes) is 1. The predicted molar refractivity (Wildman–Crippen MR) is 80.7 cm³/mol. The van der Waals surface area contributed by atoms with Gasteiger partial charge in [0.1, 0.15) is 0 Å². The average Bonchev–Trinajstić information content (AvgIpc) is 2.41. The molecule has 2 aliphatic rings. The first-order valence-corrected chi connectivity index (χ1v) is 8.18. The first kappa shape index (κ1) is 15.8. The van der Waals surface area contributed by atoms with Crippen LogP contribution in [-0.4, -0.2) is 61.1 Å². The van der Waals surface area contributed by atoms with Crippen LogP contribution in [0.25, 0.3) is 0 Å². The van der Waals surface area contributed by atoms with Crippen molar-refractivity contribution in [3.63, 3.8) is 0 Å². The Balaban J connectivity index is 1.83. The molecule has 0 N–H and O–H groups in total. The summed E-state index contributed by atoms with van der Waals surface area (Å²) in [7, 11) is 2.21. The van der Waals surface area contributed by atoms with Crippen LogP contribution in [0.4, 0.5) is 0 Å². The van der Waals surface area contributed by atoms with E-state index in [-0.39, 0.29) is 5.54 Å². The topological polar surface area (TPSA) is 32.8 Å². The van der Waals surface area contributed by atoms with Crippen molar-refractivity contribution >= 4 is 5.91 Å². The number of likely N-dealkylation sites (tertiary alicyclic amines) is 2. The molecule has 116 valence electrons. The molecule has 1 atom stereocenters. The minimum Gasteiger partial charge on any atom is -0.381 e. The molecular formula is C16H30N2O2. The Kier molecular flexibility index (Phi) is 5.44. The zero-order chi connectivity index (χ0) is 14.6. The van der Waals surface area contributed by atoms with Crippen LogP contribution in [0, 0.1) is 5.92 Å². The zero-order valence-corrected chi connectivity index (χ0v) is 13.4. The number of ether oxygens (including phenoxy) is 1. The Bertz CT molecular complexity index is 324. The van der Waals surface area contributed by atoms with Gasteiger partial charge in [-0.3, -0.25) is 9.69 Å². The van der Waals surface area contributed by atoms with Crippen molar-refractivity contribution in [1.82, 2.24) is 9.80 Å². The minimum absolute atomic E-state index is 0.238. The summed E-state index contributed by atoms with van der Waals surface area (Å²) < 4.78 is 5.60. The second kappa shape index (κ2) is 6.90. The maximum absolute atomic E-state index is 12.1. The minimum atomic E-state index is 0.238. The molecule has 1 amide bonds. The largest absolute Gasteiger partial charge is 0.381 e. The summed E-state index contributed by atoms with van der Waals surface area (Å²) >= 11 is 0. The van der Waals surface area contributed by atoms with Crippen LogP contribution >= 0.6 is 0 Å². The molecule has 0 aliphatic carbocycles. The van der Waals surface area contributed by atoms with E-state index >= 15 is 0 Å². The van der Waals surface area contributed by atoms with Crippen molar-refractivity contribution in [3.8, 4) is 0 Å². The lowest BCUT2D eigenvalue weighted by molar-refractivity contribution is -0.151. The third kappa shape index (κ3) is 3.34. The molecule has 0 aromatic heterocycles. The van der Waals surface area contributed by atoms with Gasteiger partial charge in [0, 0.05) is 32.7 Å². The lowest BCUT2D eigenvalue weighted by Crippen LogP contribution is -2.72. The lowest BCUT2D eigenvalue weighted by atomic mass is 9.75. The van der Waals surface area contributed by atoms with Crippen LogP contribution in [0.15, 0.2) is 0 Å². The molecule has 0 saturated carbocycles. The second-order valence-electron chi connectivity index (χ2n) is 6.52. The molecule has 0 bridgehead atoms. The van der Waals surface area contributed by atoms with Crippen LogP contribution in [0.2, 0.25) is 0 Å². The number of carbonyl (C=O) groups is 1. The summed E-state index contributed by atoms with van der Waals surface area (Å²) in [6.45, 7) is 8.87. The van der Waals surface area contributed by atoms with E-state index in [1.807, 2.05) is 0 Å². The van der Waals surface area contributed by atoms with Gasteiger partial charge in [0.2, 0.25) is 5.91 Å². The van der Waals surface area contributed by atoms with Crippen LogP contribution in [0.5, 0.6) is 0 Å². The number of carbonyl (C=O) groups excluding carboxylic acids is 1. The SMILES string of the molecule is CCCCC(=O)N1CC2(C[C@H](COCC)CCN2C)C1. The van der Waals surface area contributed by atoms with Crippen LogP contribution in [0.3, 0.4) is 0 Å². The molecule has 1 spiro atoms. The summed E-state index contributed by atoms with van der Waals surface area (Å²) in [6, 6.07) is 0. The van der Waals surface area contributed by atoms with Gasteiger partial charge in [0.05, 0.1) is 5.54 Å². The Morgan fingerprint density at radius 2 is 2.10 bits per heavy atom. The standard InChI is InChI=1S/C16H30N2O2/c1-4-6-7-15(19)18-12-16(13-18)10-14(11-20-5-2)8-9-17(16)3/h14H,4-13H2,1-3H3/t14-/m1/s1. The average molecular weight is 282 g/mol. The van der Waals surface area contributed by atoms with Crippen molar-refractivity contribution in [2.45, 2.75) is 51.5 Å². The van der Waals surface area contributed by atoms with E-state index in [0.717, 1.165) is 52.1 Å². The van der Waals surface area contributed by atoms with E-state index in [1.54, 1.807) is 0 Å². The molecule has 0 aromatic rings. The highest BCUT2D eigenvalue weighted by Gasteiger charge is 2.50. The second-order valence-corrected chi connectivity index (χ2v) is 6.52. The maximum atomic E-state index is 12.1. The highest BCUT2D eigenvalue weighted by molar-refractivity contribution is 5.77. The number of hydrogen-bond acceptors (Lipinski definition) is 3. The Morgan fingerprint density at radius 3 is 2.75 bits per heavy atom. The molecule has 2 heterocycles. The van der Waals surface area contributed by atoms with Crippen molar-refractivity contribution in [2.24, 2.45) is 5.92 Å². The highest BCUT2D eigenvalue weighted by Crippen LogP contribution is 2.38. The molecule has 0 unspecified atom stereocenters. The third-order valence-corrected chi connectivity index (χ3v) is 4.98. The van der Waals surface area contributed by atoms with Gasteiger partial charge < -0.3 is 9.64 Å². The first-order chi connectivity index (χ1) is 9.61. The van der Waals surface area contributed by atoms with E-state index in [1.165, 1.54) is 12.8 Å². The van der Waals surface area contributed by atoms with Gasteiger partial charge in [-0.05, 0) is 45.7 Å². The fourth-order valence-electron chi connectivity index (χ4n) is 3.53. The molecule has 2 rings (SSSR count). The number of hydrogen-bond donors (Lipinski definition) is 0. The quantitative estimate of drug-likeness (QED) is 0.748. The van der Waals surface area contributed by atoms with Gasteiger partial charge >= 0.3 is 0 Å². The molecule has 4 heteroatoms. The van der Waals surface area contributed by atoms with Crippen molar-refractivity contribution in [2.75, 3.05) is 39.9 Å². The number of rotatable bonds is 6. The third-order valence-electron chi connectivity index (χ3n) is 4.98. The van der Waals surface area contributed by atoms with Crippen LogP contribution in [-0.2, 0) is 9.53 Å². The number of piperidine rings is 1. The summed E-state index contributed by atoms with van der Waals surface area (Å²) in [5, 5.41) is 0. The number of nitrogens with zero attached hydrogens (tertiary/aromatic N) is 2. The predicted octanol–water partition coefficient (Wildman–Crippen LogP) is 2.14. The van der Waals surface area contributed by atoms with Crippen molar-refractivity contribution in [1.29, 1.82) is 0 Å². The smallest absolute Gasteiger partial charge is 0.222 e. The monoisotopic (exact) mass is 282 g/mol. The van der Waals surface area contributed by atoms with Crippen LogP contribution < -0.4 is 0 Å². The van der Waals surface area contributed by atoms with E-state index in [4.69, 9.17) is 4.74 Å². The Labute approximate surface area is 123 Å². The van der Waals surface area contributed by atoms with Gasteiger partial charge in [-0.1, -0.05) is 13.3 Å². The zero-order valence-electron chi connectivity index (χ0n) is 13.4. The summed E-state index contributed by atoms with van der Waals surface area (Å²) in [5.41, 5.74) is 0.238. The maximum Gasteiger partial charge on any atom is 0.222 e. The molecule has 2 fully saturated rings. The molecule has 0 radical (unpaired) electrons. The summed E-state index contributed by atoms with van der Waals surface area (Å²) in [6.07, 6.45) is 5.24. The number of likely N-dealkylation sites (N-methyl/N-ethyl adjacent to an activating group) is 1. The molecule has 20 heavy (non-hydrogen) atoms. The first-order valence-electron chi connectivity index (χ1n) is 8.18. The fraction of sp³-hybridized carbons (Fsp3) is 0.938. The van der Waals surface area contributed by atoms with E-state index < -0.39 is 0 Å². The molecule has 2 saturated heterocycles. The Hall–Kier alpha value is -0.610. The lowest BCUT2D eigenvalue weighted by Gasteiger charge is -2.58. The van der Waals surface area contributed by atoms with Crippen LogP contribution in [0.1, 0.15) is 46.0 Å². The van der Waals surface area contributed by atoms with Crippen molar-refractivity contribution in [3.05, 3.63) is 0 Å². The van der Waals surface area contributed by atoms with Gasteiger partial charge in [-0.25, -0.2) is 0 Å². The Morgan fingerprint density at radius 1 is 1.35 bits per heavy atom. The molecular weight excluding hydrogens is 252 g/mol. The van der Waals surface area contributed by atoms with Gasteiger partial charge in [-0.15, -0.1) is 0 Å². The summed E-state index contributed by atoms with van der Waals surface area (Å²) in [5.74, 6) is 1.01. The van der Waals surface area contributed by atoms with Gasteiger partial charge in [0.15, 0.2) is 0 Å². The van der Waals surface area contributed by atoms with Gasteiger partial charge in [-0.2, -0.15) is 0 Å². The van der Waals surface area contributed by atoms with E-state index in [9.17, 15) is 4.79 Å². The molecule has 0 aromatic carbocycles. The van der Waals surface area contributed by atoms with Gasteiger partial charge in [0.25, 0.3) is 0 Å². The van der Waals surface area contributed by atoms with Crippen molar-refractivity contribution < 1.29 is 9.53 Å². The highest BCUT2D eigenvalue weighted by atomic mass is 16.5. The van der Waals surface area contributed by atoms with E-state index in [2.05, 4.69) is 30.7 Å².